The van der Waals surface area contributed by atoms with Gasteiger partial charge in [0.05, 0.1) is 16.7 Å². The van der Waals surface area contributed by atoms with Crippen LogP contribution in [0.2, 0.25) is 0 Å². The van der Waals surface area contributed by atoms with Crippen molar-refractivity contribution in [2.45, 2.75) is 12.4 Å². The molecule has 0 radical (unpaired) electrons. The smallest absolute Gasteiger partial charge is 0.416 e. The van der Waals surface area contributed by atoms with Crippen LogP contribution in [-0.2, 0) is 12.4 Å². The zero-order chi connectivity index (χ0) is 18.3. The summed E-state index contributed by atoms with van der Waals surface area (Å²) in [6, 6.07) is 4.24. The molecule has 0 heterocycles. The summed E-state index contributed by atoms with van der Waals surface area (Å²) in [4.78, 5) is 11.2. The number of halogens is 6. The third kappa shape index (κ3) is 3.44. The molecule has 0 bridgehead atoms. The Labute approximate surface area is 131 Å². The lowest BCUT2D eigenvalue weighted by Gasteiger charge is -2.15. The Bertz CT molecular complexity index is 763. The molecular weight excluding hydrogens is 340 g/mol. The summed E-state index contributed by atoms with van der Waals surface area (Å²) in [6.45, 7) is 0. The largest absolute Gasteiger partial charge is 0.506 e. The Kier molecular flexibility index (Phi) is 4.21. The first-order chi connectivity index (χ1) is 10.9. The average Bonchev–Trinajstić information content (AvgIpc) is 2.44. The normalized spacial score (nSPS) is 12.2. The van der Waals surface area contributed by atoms with Gasteiger partial charge >= 0.3 is 12.4 Å². The molecule has 24 heavy (non-hydrogen) atoms. The quantitative estimate of drug-likeness (QED) is 0.799. The number of hydrogen-bond donors (Lipinski definition) is 2. The number of rotatable bonds is 2. The monoisotopic (exact) mass is 349 g/mol. The van der Waals surface area contributed by atoms with Crippen molar-refractivity contribution < 1.29 is 36.2 Å². The van der Waals surface area contributed by atoms with Crippen LogP contribution < -0.4 is 5.73 Å². The van der Waals surface area contributed by atoms with Crippen LogP contribution in [0.1, 0.15) is 21.5 Å². The van der Waals surface area contributed by atoms with Gasteiger partial charge in [0.2, 0.25) is 0 Å². The predicted molar refractivity (Wildman–Crippen MR) is 72.1 cm³/mol. The van der Waals surface area contributed by atoms with E-state index in [0.717, 1.165) is 12.1 Å². The molecule has 2 aromatic rings. The van der Waals surface area contributed by atoms with Gasteiger partial charge in [-0.3, -0.25) is 4.79 Å². The minimum Gasteiger partial charge on any atom is -0.506 e. The first-order valence-corrected chi connectivity index (χ1v) is 6.33. The molecule has 0 fully saturated rings. The highest BCUT2D eigenvalue weighted by Crippen LogP contribution is 2.40. The Morgan fingerprint density at radius 1 is 0.917 bits per heavy atom. The minimum atomic E-state index is -5.02. The third-order valence-corrected chi connectivity index (χ3v) is 3.20. The zero-order valence-corrected chi connectivity index (χ0v) is 11.7. The molecule has 0 aliphatic carbocycles. The first kappa shape index (κ1) is 17.6. The van der Waals surface area contributed by atoms with Gasteiger partial charge in [-0.15, -0.1) is 0 Å². The van der Waals surface area contributed by atoms with Crippen LogP contribution in [0.15, 0.2) is 36.4 Å². The van der Waals surface area contributed by atoms with Crippen molar-refractivity contribution in [2.24, 2.45) is 5.73 Å². The summed E-state index contributed by atoms with van der Waals surface area (Å²) >= 11 is 0. The lowest BCUT2D eigenvalue weighted by Crippen LogP contribution is -2.12. The van der Waals surface area contributed by atoms with E-state index in [9.17, 15) is 36.2 Å². The second kappa shape index (κ2) is 5.73. The van der Waals surface area contributed by atoms with E-state index in [1.54, 1.807) is 0 Å². The fourth-order valence-electron chi connectivity index (χ4n) is 2.09. The van der Waals surface area contributed by atoms with Gasteiger partial charge in [0.1, 0.15) is 5.75 Å². The molecule has 0 spiro atoms. The number of primary amides is 1. The van der Waals surface area contributed by atoms with Crippen LogP contribution in [0.25, 0.3) is 11.1 Å². The Morgan fingerprint density at radius 2 is 1.42 bits per heavy atom. The van der Waals surface area contributed by atoms with E-state index >= 15 is 0 Å². The first-order valence-electron chi connectivity index (χ1n) is 6.33. The van der Waals surface area contributed by atoms with Gasteiger partial charge in [-0.2, -0.15) is 26.3 Å². The number of aromatic hydroxyl groups is 1. The average molecular weight is 349 g/mol. The number of benzene rings is 2. The maximum atomic E-state index is 12.9. The van der Waals surface area contributed by atoms with Crippen LogP contribution in [0, 0.1) is 0 Å². The predicted octanol–water partition coefficient (Wildman–Crippen LogP) is 4.20. The number of amides is 1. The van der Waals surface area contributed by atoms with Gasteiger partial charge in [0.25, 0.3) is 5.91 Å². The Balaban J connectivity index is 2.76. The summed E-state index contributed by atoms with van der Waals surface area (Å²) < 4.78 is 77.1. The summed E-state index contributed by atoms with van der Waals surface area (Å²) in [5.41, 5.74) is 0.604. The molecule has 1 amide bonds. The molecule has 2 rings (SSSR count). The molecular formula is C15H9F6NO2. The molecule has 3 nitrogen and oxygen atoms in total. The molecule has 9 heteroatoms. The highest BCUT2D eigenvalue weighted by molar-refractivity contribution is 5.98. The second-order valence-electron chi connectivity index (χ2n) is 4.86. The van der Waals surface area contributed by atoms with Crippen LogP contribution in [0.5, 0.6) is 5.75 Å². The van der Waals surface area contributed by atoms with E-state index < -0.39 is 46.3 Å². The summed E-state index contributed by atoms with van der Waals surface area (Å²) in [5, 5.41) is 9.94. The van der Waals surface area contributed by atoms with Gasteiger partial charge in [-0.1, -0.05) is 12.1 Å². The second-order valence-corrected chi connectivity index (χ2v) is 4.86. The number of nitrogens with two attached hydrogens (primary N) is 1. The summed E-state index contributed by atoms with van der Waals surface area (Å²) in [6.07, 6.45) is -10.0. The Morgan fingerprint density at radius 3 is 1.83 bits per heavy atom. The van der Waals surface area contributed by atoms with Crippen LogP contribution in [0.3, 0.4) is 0 Å². The van der Waals surface area contributed by atoms with Gasteiger partial charge < -0.3 is 10.8 Å². The van der Waals surface area contributed by atoms with Gasteiger partial charge in [0.15, 0.2) is 0 Å². The van der Waals surface area contributed by atoms with Crippen LogP contribution >= 0.6 is 0 Å². The van der Waals surface area contributed by atoms with Crippen molar-refractivity contribution >= 4 is 5.91 Å². The van der Waals surface area contributed by atoms with E-state index in [1.807, 2.05) is 0 Å². The minimum absolute atomic E-state index is 0.0293. The van der Waals surface area contributed by atoms with Crippen molar-refractivity contribution in [3.05, 3.63) is 53.1 Å². The number of hydrogen-bond acceptors (Lipinski definition) is 2. The van der Waals surface area contributed by atoms with E-state index in [1.165, 1.54) is 6.07 Å². The summed E-state index contributed by atoms with van der Waals surface area (Å²) in [7, 11) is 0. The molecule has 0 saturated heterocycles. The van der Waals surface area contributed by atoms with Crippen molar-refractivity contribution in [1.82, 2.24) is 0 Å². The van der Waals surface area contributed by atoms with Gasteiger partial charge in [-0.05, 0) is 29.8 Å². The zero-order valence-electron chi connectivity index (χ0n) is 11.7. The van der Waals surface area contributed by atoms with Gasteiger partial charge in [0, 0.05) is 5.56 Å². The van der Waals surface area contributed by atoms with Crippen molar-refractivity contribution in [1.29, 1.82) is 0 Å². The number of para-hydroxylation sites is 1. The maximum absolute atomic E-state index is 12.9. The summed E-state index contributed by atoms with van der Waals surface area (Å²) in [5.74, 6) is -1.87. The number of phenols is 1. The number of carbonyl (C=O) groups is 1. The standard InChI is InChI=1S/C15H9F6NO2/c16-14(17,18)8-4-7(5-9(6-8)15(19,20)21)10-2-1-3-11(12(10)23)13(22)24/h1-6,23H,(H2,22,24). The molecule has 0 unspecified atom stereocenters. The maximum Gasteiger partial charge on any atom is 0.416 e. The van der Waals surface area contributed by atoms with Crippen LogP contribution in [0.4, 0.5) is 26.3 Å². The molecule has 0 atom stereocenters. The molecule has 0 aromatic heterocycles. The molecule has 0 aliphatic heterocycles. The highest BCUT2D eigenvalue weighted by Gasteiger charge is 2.37. The molecule has 3 N–H and O–H groups in total. The fraction of sp³-hybridized carbons (Fsp3) is 0.133. The van der Waals surface area contributed by atoms with Crippen molar-refractivity contribution in [3.63, 3.8) is 0 Å². The Hall–Kier alpha value is -2.71. The van der Waals surface area contributed by atoms with Crippen molar-refractivity contribution in [2.75, 3.05) is 0 Å². The van der Waals surface area contributed by atoms with E-state index in [4.69, 9.17) is 5.73 Å². The number of carbonyl (C=O) groups excluding carboxylic acids is 1. The molecule has 0 aliphatic rings. The lowest BCUT2D eigenvalue weighted by molar-refractivity contribution is -0.143. The van der Waals surface area contributed by atoms with Crippen molar-refractivity contribution in [3.8, 4) is 16.9 Å². The lowest BCUT2D eigenvalue weighted by atomic mass is 9.96. The SMILES string of the molecule is NC(=O)c1cccc(-c2cc(C(F)(F)F)cc(C(F)(F)F)c2)c1O. The molecule has 128 valence electrons. The van der Waals surface area contributed by atoms with E-state index in [2.05, 4.69) is 0 Å². The highest BCUT2D eigenvalue weighted by atomic mass is 19.4. The topological polar surface area (TPSA) is 63.3 Å². The van der Waals surface area contributed by atoms with E-state index in [-0.39, 0.29) is 11.6 Å². The number of alkyl halides is 6. The van der Waals surface area contributed by atoms with E-state index in [0.29, 0.717) is 12.1 Å². The molecule has 0 saturated carbocycles. The van der Waals surface area contributed by atoms with Gasteiger partial charge in [-0.25, -0.2) is 0 Å². The third-order valence-electron chi connectivity index (χ3n) is 3.20. The molecule has 2 aromatic carbocycles. The van der Waals surface area contributed by atoms with Crippen LogP contribution in [-0.4, -0.2) is 11.0 Å². The fourth-order valence-corrected chi connectivity index (χ4v) is 2.09.